The standard InChI is InChI=1S/C13H20BrNS/c1-2-10-4-3-5-11(8-10)15-9-13-12(14)6-7-16-13/h6-7,10-11,15H,2-5,8-9H2,1H3. The van der Waals surface area contributed by atoms with Gasteiger partial charge in [0.1, 0.15) is 0 Å². The minimum Gasteiger partial charge on any atom is -0.309 e. The Bertz CT molecular complexity index is 323. The van der Waals surface area contributed by atoms with Gasteiger partial charge in [-0.2, -0.15) is 0 Å². The zero-order valence-corrected chi connectivity index (χ0v) is 12.2. The summed E-state index contributed by atoms with van der Waals surface area (Å²) < 4.78 is 1.26. The summed E-state index contributed by atoms with van der Waals surface area (Å²) in [6.45, 7) is 3.35. The molecule has 0 amide bonds. The number of rotatable bonds is 4. The van der Waals surface area contributed by atoms with E-state index in [9.17, 15) is 0 Å². The van der Waals surface area contributed by atoms with E-state index in [0.29, 0.717) is 0 Å². The van der Waals surface area contributed by atoms with Crippen molar-refractivity contribution in [2.75, 3.05) is 0 Å². The first-order valence-corrected chi connectivity index (χ1v) is 7.92. The maximum atomic E-state index is 3.71. The third kappa shape index (κ3) is 3.31. The molecule has 1 N–H and O–H groups in total. The Morgan fingerprint density at radius 2 is 2.38 bits per heavy atom. The van der Waals surface area contributed by atoms with E-state index in [0.717, 1.165) is 18.5 Å². The zero-order valence-electron chi connectivity index (χ0n) is 9.84. The summed E-state index contributed by atoms with van der Waals surface area (Å²) in [5.74, 6) is 0.957. The van der Waals surface area contributed by atoms with Crippen LogP contribution in [-0.4, -0.2) is 6.04 Å². The van der Waals surface area contributed by atoms with Crippen molar-refractivity contribution in [1.29, 1.82) is 0 Å². The van der Waals surface area contributed by atoms with E-state index in [-0.39, 0.29) is 0 Å². The van der Waals surface area contributed by atoms with Gasteiger partial charge in [-0.15, -0.1) is 11.3 Å². The van der Waals surface area contributed by atoms with Crippen LogP contribution in [0, 0.1) is 5.92 Å². The average molecular weight is 302 g/mol. The van der Waals surface area contributed by atoms with E-state index in [2.05, 4.69) is 39.6 Å². The van der Waals surface area contributed by atoms with Gasteiger partial charge in [-0.05, 0) is 46.1 Å². The smallest absolute Gasteiger partial charge is 0.0327 e. The number of hydrogen-bond donors (Lipinski definition) is 1. The highest BCUT2D eigenvalue weighted by molar-refractivity contribution is 9.10. The van der Waals surface area contributed by atoms with Crippen molar-refractivity contribution in [2.45, 2.75) is 51.6 Å². The molecule has 0 bridgehead atoms. The largest absolute Gasteiger partial charge is 0.309 e. The summed E-state index contributed by atoms with van der Waals surface area (Å²) in [6.07, 6.45) is 6.93. The van der Waals surface area contributed by atoms with Crippen molar-refractivity contribution in [2.24, 2.45) is 5.92 Å². The fourth-order valence-corrected chi connectivity index (χ4v) is 3.98. The van der Waals surface area contributed by atoms with Crippen LogP contribution in [0.25, 0.3) is 0 Å². The highest BCUT2D eigenvalue weighted by atomic mass is 79.9. The lowest BCUT2D eigenvalue weighted by Crippen LogP contribution is -2.33. The average Bonchev–Trinajstić information content (AvgIpc) is 2.72. The Morgan fingerprint density at radius 3 is 3.06 bits per heavy atom. The summed E-state index contributed by atoms with van der Waals surface area (Å²) in [5, 5.41) is 5.86. The highest BCUT2D eigenvalue weighted by Gasteiger charge is 2.20. The van der Waals surface area contributed by atoms with Gasteiger partial charge in [0.15, 0.2) is 0 Å². The van der Waals surface area contributed by atoms with Crippen molar-refractivity contribution in [3.05, 3.63) is 20.8 Å². The fraction of sp³-hybridized carbons (Fsp3) is 0.692. The van der Waals surface area contributed by atoms with Gasteiger partial charge in [0.2, 0.25) is 0 Å². The van der Waals surface area contributed by atoms with Crippen LogP contribution in [-0.2, 0) is 6.54 Å². The summed E-state index contributed by atoms with van der Waals surface area (Å²) in [7, 11) is 0. The van der Waals surface area contributed by atoms with Gasteiger partial charge in [-0.1, -0.05) is 26.2 Å². The van der Waals surface area contributed by atoms with E-state index in [1.165, 1.54) is 41.5 Å². The predicted molar refractivity (Wildman–Crippen MR) is 74.9 cm³/mol. The Hall–Kier alpha value is 0.140. The molecule has 2 rings (SSSR count). The highest BCUT2D eigenvalue weighted by Crippen LogP contribution is 2.28. The second-order valence-corrected chi connectivity index (χ2v) is 6.57. The lowest BCUT2D eigenvalue weighted by atomic mass is 9.84. The summed E-state index contributed by atoms with van der Waals surface area (Å²) in [6, 6.07) is 2.88. The number of thiophene rings is 1. The van der Waals surface area contributed by atoms with E-state index >= 15 is 0 Å². The molecule has 2 atom stereocenters. The number of hydrogen-bond acceptors (Lipinski definition) is 2. The number of nitrogens with one attached hydrogen (secondary N) is 1. The van der Waals surface area contributed by atoms with Crippen LogP contribution >= 0.6 is 27.3 Å². The molecule has 0 saturated heterocycles. The molecule has 1 nitrogen and oxygen atoms in total. The van der Waals surface area contributed by atoms with E-state index < -0.39 is 0 Å². The third-order valence-electron chi connectivity index (χ3n) is 3.60. The maximum absolute atomic E-state index is 3.71. The second-order valence-electron chi connectivity index (χ2n) is 4.71. The quantitative estimate of drug-likeness (QED) is 0.859. The van der Waals surface area contributed by atoms with Crippen LogP contribution in [0.1, 0.15) is 43.9 Å². The Kier molecular flexibility index (Phi) is 4.86. The summed E-state index contributed by atoms with van der Waals surface area (Å²) in [5.41, 5.74) is 0. The van der Waals surface area contributed by atoms with Crippen molar-refractivity contribution < 1.29 is 0 Å². The molecule has 0 aliphatic heterocycles. The lowest BCUT2D eigenvalue weighted by molar-refractivity contribution is 0.279. The summed E-state index contributed by atoms with van der Waals surface area (Å²) in [4.78, 5) is 1.43. The van der Waals surface area contributed by atoms with Gasteiger partial charge in [-0.25, -0.2) is 0 Å². The van der Waals surface area contributed by atoms with Crippen LogP contribution < -0.4 is 5.32 Å². The SMILES string of the molecule is CCC1CCCC(NCc2sccc2Br)C1. The zero-order chi connectivity index (χ0) is 11.4. The molecule has 1 saturated carbocycles. The third-order valence-corrected chi connectivity index (χ3v) is 5.53. The first-order valence-electron chi connectivity index (χ1n) is 6.24. The van der Waals surface area contributed by atoms with Gasteiger partial charge in [0, 0.05) is 21.9 Å². The lowest BCUT2D eigenvalue weighted by Gasteiger charge is -2.29. The van der Waals surface area contributed by atoms with Gasteiger partial charge in [0.25, 0.3) is 0 Å². The molecule has 0 radical (unpaired) electrons. The van der Waals surface area contributed by atoms with Crippen LogP contribution in [0.2, 0.25) is 0 Å². The second kappa shape index (κ2) is 6.18. The molecule has 3 heteroatoms. The first-order chi connectivity index (χ1) is 7.79. The van der Waals surface area contributed by atoms with Gasteiger partial charge in [-0.3, -0.25) is 0 Å². The molecule has 2 unspecified atom stereocenters. The molecular formula is C13H20BrNS. The molecule has 1 aliphatic rings. The minimum atomic E-state index is 0.743. The Morgan fingerprint density at radius 1 is 1.50 bits per heavy atom. The number of halogens is 1. The van der Waals surface area contributed by atoms with E-state index in [1.807, 2.05) is 11.3 Å². The normalized spacial score (nSPS) is 25.9. The van der Waals surface area contributed by atoms with E-state index in [1.54, 1.807) is 0 Å². The predicted octanol–water partition coefficient (Wildman–Crippen LogP) is 4.57. The Labute approximate surface area is 111 Å². The van der Waals surface area contributed by atoms with Crippen molar-refractivity contribution >= 4 is 27.3 Å². The molecule has 1 heterocycles. The van der Waals surface area contributed by atoms with Gasteiger partial charge in [0.05, 0.1) is 0 Å². The van der Waals surface area contributed by atoms with Crippen LogP contribution in [0.5, 0.6) is 0 Å². The molecular weight excluding hydrogens is 282 g/mol. The first kappa shape index (κ1) is 12.6. The van der Waals surface area contributed by atoms with Crippen molar-refractivity contribution in [1.82, 2.24) is 5.32 Å². The molecule has 16 heavy (non-hydrogen) atoms. The molecule has 1 aliphatic carbocycles. The molecule has 1 aromatic heterocycles. The van der Waals surface area contributed by atoms with Crippen molar-refractivity contribution in [3.8, 4) is 0 Å². The van der Waals surface area contributed by atoms with E-state index in [4.69, 9.17) is 0 Å². The topological polar surface area (TPSA) is 12.0 Å². The fourth-order valence-electron chi connectivity index (χ4n) is 2.54. The Balaban J connectivity index is 1.79. The molecule has 90 valence electrons. The van der Waals surface area contributed by atoms with Gasteiger partial charge >= 0.3 is 0 Å². The van der Waals surface area contributed by atoms with Gasteiger partial charge < -0.3 is 5.32 Å². The van der Waals surface area contributed by atoms with Crippen LogP contribution in [0.15, 0.2) is 15.9 Å². The maximum Gasteiger partial charge on any atom is 0.0327 e. The minimum absolute atomic E-state index is 0.743. The monoisotopic (exact) mass is 301 g/mol. The van der Waals surface area contributed by atoms with Crippen LogP contribution in [0.3, 0.4) is 0 Å². The molecule has 1 fully saturated rings. The van der Waals surface area contributed by atoms with Crippen molar-refractivity contribution in [3.63, 3.8) is 0 Å². The van der Waals surface area contributed by atoms with Crippen LogP contribution in [0.4, 0.5) is 0 Å². The summed E-state index contributed by atoms with van der Waals surface area (Å²) >= 11 is 5.42. The molecule has 1 aromatic rings. The molecule has 0 aromatic carbocycles. The molecule has 0 spiro atoms.